The number of carbonyl (C=O) groups excluding carboxylic acids is 1. The Balaban J connectivity index is 1.39. The molecule has 0 aliphatic carbocycles. The molecule has 4 aromatic rings. The summed E-state index contributed by atoms with van der Waals surface area (Å²) in [5.41, 5.74) is 4.56. The summed E-state index contributed by atoms with van der Waals surface area (Å²) in [7, 11) is 1.62. The summed E-state index contributed by atoms with van der Waals surface area (Å²) in [5.74, 6) is 1.44. The Labute approximate surface area is 199 Å². The van der Waals surface area contributed by atoms with Crippen molar-refractivity contribution in [3.05, 3.63) is 90.0 Å². The van der Waals surface area contributed by atoms with E-state index in [1.54, 1.807) is 25.3 Å². The number of nitrogens with zero attached hydrogens (tertiary/aromatic N) is 2. The van der Waals surface area contributed by atoms with E-state index in [-0.39, 0.29) is 11.3 Å². The highest BCUT2D eigenvalue weighted by atomic mass is 16.5. The van der Waals surface area contributed by atoms with Crippen molar-refractivity contribution >= 4 is 17.7 Å². The van der Waals surface area contributed by atoms with Crippen molar-refractivity contribution in [2.75, 3.05) is 12.4 Å². The molecule has 1 aromatic heterocycles. The van der Waals surface area contributed by atoms with Gasteiger partial charge in [-0.25, -0.2) is 0 Å². The van der Waals surface area contributed by atoms with Crippen LogP contribution in [0.4, 0.5) is 5.69 Å². The first-order valence-corrected chi connectivity index (χ1v) is 11.0. The van der Waals surface area contributed by atoms with Crippen molar-refractivity contribution in [2.24, 2.45) is 0 Å². The minimum absolute atomic E-state index is 0.0845. The third-order valence-corrected chi connectivity index (χ3v) is 5.37. The Morgan fingerprint density at radius 2 is 1.41 bits per heavy atom. The Bertz CT molecular complexity index is 1280. The van der Waals surface area contributed by atoms with Crippen LogP contribution in [0.3, 0.4) is 0 Å². The van der Waals surface area contributed by atoms with Crippen molar-refractivity contribution in [2.45, 2.75) is 26.2 Å². The lowest BCUT2D eigenvalue weighted by molar-refractivity contribution is -0.111. The number of anilines is 1. The van der Waals surface area contributed by atoms with Gasteiger partial charge < -0.3 is 14.5 Å². The largest absolute Gasteiger partial charge is 0.497 e. The topological polar surface area (TPSA) is 77.2 Å². The second-order valence-corrected chi connectivity index (χ2v) is 8.91. The van der Waals surface area contributed by atoms with Gasteiger partial charge >= 0.3 is 0 Å². The number of carbonyl (C=O) groups is 1. The van der Waals surface area contributed by atoms with Crippen LogP contribution in [0.25, 0.3) is 29.0 Å². The van der Waals surface area contributed by atoms with Crippen LogP contribution in [-0.2, 0) is 10.2 Å². The van der Waals surface area contributed by atoms with Gasteiger partial charge in [-0.2, -0.15) is 0 Å². The standard InChI is InChI=1S/C28H27N3O3/c1-28(2,3)22-12-8-20(9-13-22)26-30-31-27(34-26)21-10-14-23(15-11-21)29-25(32)18-7-19-5-16-24(33-4)17-6-19/h5-18H,1-4H3,(H,29,32)/b18-7+. The molecule has 0 fully saturated rings. The van der Waals surface area contributed by atoms with E-state index in [0.29, 0.717) is 17.5 Å². The predicted molar refractivity (Wildman–Crippen MR) is 135 cm³/mol. The van der Waals surface area contributed by atoms with Crippen molar-refractivity contribution in [3.8, 4) is 28.7 Å². The number of hydrogen-bond acceptors (Lipinski definition) is 5. The average Bonchev–Trinajstić information content (AvgIpc) is 3.33. The lowest BCUT2D eigenvalue weighted by atomic mass is 9.87. The highest BCUT2D eigenvalue weighted by Crippen LogP contribution is 2.28. The third kappa shape index (κ3) is 5.59. The maximum atomic E-state index is 12.2. The third-order valence-electron chi connectivity index (χ3n) is 5.37. The minimum Gasteiger partial charge on any atom is -0.497 e. The SMILES string of the molecule is COc1ccc(/C=C/C(=O)Nc2ccc(-c3nnc(-c4ccc(C(C)(C)C)cc4)o3)cc2)cc1. The van der Waals surface area contributed by atoms with Gasteiger partial charge in [-0.15, -0.1) is 10.2 Å². The molecule has 0 radical (unpaired) electrons. The molecule has 0 spiro atoms. The van der Waals surface area contributed by atoms with Crippen LogP contribution < -0.4 is 10.1 Å². The van der Waals surface area contributed by atoms with Crippen LogP contribution in [0.15, 0.2) is 83.3 Å². The van der Waals surface area contributed by atoms with Crippen molar-refractivity contribution in [1.29, 1.82) is 0 Å². The molecule has 4 rings (SSSR count). The fourth-order valence-corrected chi connectivity index (χ4v) is 3.34. The van der Waals surface area contributed by atoms with Gasteiger partial charge in [0.2, 0.25) is 17.7 Å². The van der Waals surface area contributed by atoms with E-state index in [1.807, 2.05) is 48.5 Å². The second kappa shape index (κ2) is 9.75. The van der Waals surface area contributed by atoms with Crippen molar-refractivity contribution in [1.82, 2.24) is 10.2 Å². The molecule has 0 saturated carbocycles. The molecule has 3 aromatic carbocycles. The maximum Gasteiger partial charge on any atom is 0.248 e. The summed E-state index contributed by atoms with van der Waals surface area (Å²) in [6, 6.07) is 22.9. The number of benzene rings is 3. The van der Waals surface area contributed by atoms with Crippen LogP contribution >= 0.6 is 0 Å². The fourth-order valence-electron chi connectivity index (χ4n) is 3.34. The normalized spacial score (nSPS) is 11.5. The van der Waals surface area contributed by atoms with Crippen LogP contribution in [-0.4, -0.2) is 23.2 Å². The first-order valence-electron chi connectivity index (χ1n) is 11.0. The van der Waals surface area contributed by atoms with Gasteiger partial charge in [-0.05, 0) is 71.1 Å². The van der Waals surface area contributed by atoms with Gasteiger partial charge in [0.05, 0.1) is 7.11 Å². The van der Waals surface area contributed by atoms with Crippen molar-refractivity contribution in [3.63, 3.8) is 0 Å². The monoisotopic (exact) mass is 453 g/mol. The molecule has 1 N–H and O–H groups in total. The lowest BCUT2D eigenvalue weighted by Gasteiger charge is -2.18. The molecule has 1 heterocycles. The predicted octanol–water partition coefficient (Wildman–Crippen LogP) is 6.36. The molecule has 6 heteroatoms. The fraction of sp³-hybridized carbons (Fsp3) is 0.179. The molecule has 34 heavy (non-hydrogen) atoms. The van der Waals surface area contributed by atoms with E-state index in [2.05, 4.69) is 48.4 Å². The zero-order valence-electron chi connectivity index (χ0n) is 19.7. The maximum absolute atomic E-state index is 12.2. The molecule has 172 valence electrons. The molecule has 6 nitrogen and oxygen atoms in total. The smallest absolute Gasteiger partial charge is 0.248 e. The highest BCUT2D eigenvalue weighted by Gasteiger charge is 2.15. The molecular formula is C28H27N3O3. The summed E-state index contributed by atoms with van der Waals surface area (Å²) in [4.78, 5) is 12.2. The number of rotatable bonds is 6. The number of nitrogens with one attached hydrogen (secondary N) is 1. The van der Waals surface area contributed by atoms with Crippen molar-refractivity contribution < 1.29 is 13.9 Å². The van der Waals surface area contributed by atoms with E-state index in [9.17, 15) is 4.79 Å². The van der Waals surface area contributed by atoms with Crippen LogP contribution in [0.5, 0.6) is 5.75 Å². The van der Waals surface area contributed by atoms with Gasteiger partial charge in [0.1, 0.15) is 5.75 Å². The summed E-state index contributed by atoms with van der Waals surface area (Å²) in [6.45, 7) is 6.53. The molecule has 0 bridgehead atoms. The first-order chi connectivity index (χ1) is 16.3. The average molecular weight is 454 g/mol. The summed E-state index contributed by atoms with van der Waals surface area (Å²) in [5, 5.41) is 11.2. The highest BCUT2D eigenvalue weighted by molar-refractivity contribution is 6.02. The van der Waals surface area contributed by atoms with Gasteiger partial charge in [0, 0.05) is 22.9 Å². The summed E-state index contributed by atoms with van der Waals surface area (Å²) < 4.78 is 11.0. The van der Waals surface area contributed by atoms with E-state index >= 15 is 0 Å². The Morgan fingerprint density at radius 1 is 0.853 bits per heavy atom. The zero-order chi connectivity index (χ0) is 24.1. The van der Waals surface area contributed by atoms with E-state index in [4.69, 9.17) is 9.15 Å². The summed E-state index contributed by atoms with van der Waals surface area (Å²) in [6.07, 6.45) is 3.24. The first kappa shape index (κ1) is 23.0. The Hall–Kier alpha value is -4.19. The zero-order valence-corrected chi connectivity index (χ0v) is 19.7. The molecule has 0 unspecified atom stereocenters. The van der Waals surface area contributed by atoms with E-state index < -0.39 is 0 Å². The number of hydrogen-bond donors (Lipinski definition) is 1. The van der Waals surface area contributed by atoms with Crippen LogP contribution in [0, 0.1) is 0 Å². The molecule has 0 saturated heterocycles. The number of ether oxygens (including phenoxy) is 1. The minimum atomic E-state index is -0.220. The Morgan fingerprint density at radius 3 is 1.94 bits per heavy atom. The molecule has 1 amide bonds. The van der Waals surface area contributed by atoms with Gasteiger partial charge in [0.15, 0.2) is 0 Å². The second-order valence-electron chi connectivity index (χ2n) is 8.91. The quantitative estimate of drug-likeness (QED) is 0.344. The summed E-state index contributed by atoms with van der Waals surface area (Å²) >= 11 is 0. The molecule has 0 aliphatic rings. The van der Waals surface area contributed by atoms with Crippen LogP contribution in [0.1, 0.15) is 31.9 Å². The van der Waals surface area contributed by atoms with E-state index in [0.717, 1.165) is 22.4 Å². The van der Waals surface area contributed by atoms with Gasteiger partial charge in [0.25, 0.3) is 0 Å². The molecule has 0 atom stereocenters. The van der Waals surface area contributed by atoms with E-state index in [1.165, 1.54) is 11.6 Å². The van der Waals surface area contributed by atoms with Gasteiger partial charge in [-0.1, -0.05) is 45.0 Å². The number of aromatic nitrogens is 2. The van der Waals surface area contributed by atoms with Crippen LogP contribution in [0.2, 0.25) is 0 Å². The van der Waals surface area contributed by atoms with Gasteiger partial charge in [-0.3, -0.25) is 4.79 Å². The Kier molecular flexibility index (Phi) is 6.59. The number of methoxy groups -OCH3 is 1. The lowest BCUT2D eigenvalue weighted by Crippen LogP contribution is -2.10. The number of amides is 1. The molecular weight excluding hydrogens is 426 g/mol. The molecule has 0 aliphatic heterocycles.